The molecule has 8 heteroatoms. The molecular formula is C13H12Br2N2O3S. The topological polar surface area (TPSA) is 79.3 Å². The number of halogens is 2. The highest BCUT2D eigenvalue weighted by atomic mass is 79.9. The van der Waals surface area contributed by atoms with Crippen molar-refractivity contribution in [2.75, 3.05) is 4.72 Å². The molecule has 1 heterocycles. The molecular weight excluding hydrogens is 424 g/mol. The van der Waals surface area contributed by atoms with Crippen LogP contribution in [0, 0.1) is 6.92 Å². The molecule has 0 fully saturated rings. The Morgan fingerprint density at radius 2 is 1.90 bits per heavy atom. The second-order valence-electron chi connectivity index (χ2n) is 4.29. The predicted molar refractivity (Wildman–Crippen MR) is 87.5 cm³/mol. The Bertz CT molecular complexity index is 779. The van der Waals surface area contributed by atoms with Gasteiger partial charge in [-0.1, -0.05) is 6.07 Å². The number of hydrogen-bond acceptors (Lipinski definition) is 4. The van der Waals surface area contributed by atoms with Gasteiger partial charge < -0.3 is 5.11 Å². The van der Waals surface area contributed by atoms with E-state index >= 15 is 0 Å². The maximum atomic E-state index is 12.4. The van der Waals surface area contributed by atoms with Crippen molar-refractivity contribution in [1.82, 2.24) is 4.98 Å². The van der Waals surface area contributed by atoms with E-state index in [0.717, 1.165) is 4.47 Å². The summed E-state index contributed by atoms with van der Waals surface area (Å²) in [7, 11) is -3.75. The molecule has 2 rings (SSSR count). The molecule has 0 saturated carbocycles. The highest BCUT2D eigenvalue weighted by Gasteiger charge is 2.18. The highest BCUT2D eigenvalue weighted by molar-refractivity contribution is 9.10. The molecule has 2 aromatic rings. The van der Waals surface area contributed by atoms with Crippen molar-refractivity contribution in [1.29, 1.82) is 0 Å². The first-order valence-corrected chi connectivity index (χ1v) is 8.95. The van der Waals surface area contributed by atoms with Crippen molar-refractivity contribution in [3.63, 3.8) is 0 Å². The summed E-state index contributed by atoms with van der Waals surface area (Å²) in [6, 6.07) is 7.85. The van der Waals surface area contributed by atoms with Crippen LogP contribution in [0.5, 0.6) is 0 Å². The quantitative estimate of drug-likeness (QED) is 0.772. The van der Waals surface area contributed by atoms with Crippen molar-refractivity contribution in [3.8, 4) is 0 Å². The van der Waals surface area contributed by atoms with Gasteiger partial charge in [0.25, 0.3) is 10.0 Å². The molecule has 0 unspecified atom stereocenters. The van der Waals surface area contributed by atoms with Crippen LogP contribution < -0.4 is 4.72 Å². The fourth-order valence-electron chi connectivity index (χ4n) is 1.65. The van der Waals surface area contributed by atoms with E-state index in [2.05, 4.69) is 41.6 Å². The minimum absolute atomic E-state index is 0.0853. The van der Waals surface area contributed by atoms with Crippen molar-refractivity contribution in [2.24, 2.45) is 0 Å². The molecule has 0 aliphatic carbocycles. The molecule has 2 N–H and O–H groups in total. The number of nitrogens with one attached hydrogen (secondary N) is 1. The van der Waals surface area contributed by atoms with Gasteiger partial charge in [-0.2, -0.15) is 0 Å². The lowest BCUT2D eigenvalue weighted by atomic mass is 10.2. The smallest absolute Gasteiger partial charge is 0.264 e. The van der Waals surface area contributed by atoms with E-state index in [1.165, 1.54) is 6.07 Å². The van der Waals surface area contributed by atoms with Gasteiger partial charge in [-0.3, -0.25) is 4.72 Å². The fourth-order valence-corrected chi connectivity index (χ4v) is 4.00. The van der Waals surface area contributed by atoms with Gasteiger partial charge in [0.1, 0.15) is 10.7 Å². The lowest BCUT2D eigenvalue weighted by Gasteiger charge is -2.10. The molecule has 0 radical (unpaired) electrons. The molecule has 5 nitrogen and oxygen atoms in total. The van der Waals surface area contributed by atoms with Crippen LogP contribution in [0.1, 0.15) is 11.3 Å². The van der Waals surface area contributed by atoms with E-state index in [-0.39, 0.29) is 17.3 Å². The van der Waals surface area contributed by atoms with Gasteiger partial charge in [-0.15, -0.1) is 0 Å². The number of aliphatic hydroxyl groups is 1. The SMILES string of the molecule is Cc1nc(NS(=O)(=O)c2ccc(CO)cc2Br)ccc1Br. The van der Waals surface area contributed by atoms with Crippen LogP contribution in [0.2, 0.25) is 0 Å². The lowest BCUT2D eigenvalue weighted by molar-refractivity contribution is 0.281. The summed E-state index contributed by atoms with van der Waals surface area (Å²) in [5, 5.41) is 9.05. The summed E-state index contributed by atoms with van der Waals surface area (Å²) >= 11 is 6.52. The summed E-state index contributed by atoms with van der Waals surface area (Å²) < 4.78 is 28.3. The second-order valence-corrected chi connectivity index (χ2v) is 7.65. The molecule has 1 aromatic carbocycles. The molecule has 0 bridgehead atoms. The van der Waals surface area contributed by atoms with Crippen molar-refractivity contribution < 1.29 is 13.5 Å². The summed E-state index contributed by atoms with van der Waals surface area (Å²) in [5.74, 6) is 0.244. The van der Waals surface area contributed by atoms with Crippen LogP contribution in [0.4, 0.5) is 5.82 Å². The van der Waals surface area contributed by atoms with Gasteiger partial charge in [-0.25, -0.2) is 13.4 Å². The van der Waals surface area contributed by atoms with Gasteiger partial charge in [0.05, 0.1) is 12.3 Å². The number of rotatable bonds is 4. The van der Waals surface area contributed by atoms with Gasteiger partial charge in [0.2, 0.25) is 0 Å². The van der Waals surface area contributed by atoms with Crippen LogP contribution in [-0.2, 0) is 16.6 Å². The summed E-state index contributed by atoms with van der Waals surface area (Å²) in [6.45, 7) is 1.62. The molecule has 0 spiro atoms. The zero-order valence-corrected chi connectivity index (χ0v) is 15.0. The van der Waals surface area contributed by atoms with Crippen LogP contribution in [0.15, 0.2) is 44.2 Å². The maximum absolute atomic E-state index is 12.4. The zero-order chi connectivity index (χ0) is 15.6. The zero-order valence-electron chi connectivity index (χ0n) is 11.0. The van der Waals surface area contributed by atoms with E-state index in [0.29, 0.717) is 15.7 Å². The number of aryl methyl sites for hydroxylation is 1. The van der Waals surface area contributed by atoms with Crippen molar-refractivity contribution in [2.45, 2.75) is 18.4 Å². The first kappa shape index (κ1) is 16.4. The van der Waals surface area contributed by atoms with Gasteiger partial charge in [-0.05, 0) is 68.6 Å². The van der Waals surface area contributed by atoms with E-state index in [1.807, 2.05) is 0 Å². The largest absolute Gasteiger partial charge is 0.392 e. The van der Waals surface area contributed by atoms with Gasteiger partial charge >= 0.3 is 0 Å². The molecule has 0 saturated heterocycles. The average molecular weight is 436 g/mol. The Hall–Kier alpha value is -0.960. The number of anilines is 1. The molecule has 0 aliphatic rings. The number of aliphatic hydroxyl groups excluding tert-OH is 1. The predicted octanol–water partition coefficient (Wildman–Crippen LogP) is 3.21. The summed E-state index contributed by atoms with van der Waals surface area (Å²) in [6.07, 6.45) is 0. The highest BCUT2D eigenvalue weighted by Crippen LogP contribution is 2.25. The van der Waals surface area contributed by atoms with Gasteiger partial charge in [0.15, 0.2) is 0 Å². The molecule has 1 aromatic heterocycles. The Morgan fingerprint density at radius 3 is 2.48 bits per heavy atom. The van der Waals surface area contributed by atoms with E-state index in [9.17, 15) is 8.42 Å². The third-order valence-electron chi connectivity index (χ3n) is 2.73. The lowest BCUT2D eigenvalue weighted by Crippen LogP contribution is -2.15. The van der Waals surface area contributed by atoms with E-state index in [1.54, 1.807) is 31.2 Å². The number of hydrogen-bond donors (Lipinski definition) is 2. The average Bonchev–Trinajstić information content (AvgIpc) is 2.42. The monoisotopic (exact) mass is 434 g/mol. The first-order chi connectivity index (χ1) is 9.83. The van der Waals surface area contributed by atoms with E-state index < -0.39 is 10.0 Å². The maximum Gasteiger partial charge on any atom is 0.264 e. The second kappa shape index (κ2) is 6.43. The number of benzene rings is 1. The Morgan fingerprint density at radius 1 is 1.19 bits per heavy atom. The van der Waals surface area contributed by atoms with Crippen molar-refractivity contribution >= 4 is 47.7 Å². The number of aromatic nitrogens is 1. The Labute approximate surface area is 139 Å². The third-order valence-corrected chi connectivity index (χ3v) is 5.90. The van der Waals surface area contributed by atoms with Crippen LogP contribution >= 0.6 is 31.9 Å². The molecule has 21 heavy (non-hydrogen) atoms. The van der Waals surface area contributed by atoms with Crippen LogP contribution in [-0.4, -0.2) is 18.5 Å². The van der Waals surface area contributed by atoms with Crippen molar-refractivity contribution in [3.05, 3.63) is 50.5 Å². The molecule has 0 aliphatic heterocycles. The molecule has 0 atom stereocenters. The number of pyridine rings is 1. The fraction of sp³-hybridized carbons (Fsp3) is 0.154. The van der Waals surface area contributed by atoms with Gasteiger partial charge in [0, 0.05) is 8.95 Å². The standard InChI is InChI=1S/C13H12Br2N2O3S/c1-8-10(14)3-5-13(16-8)17-21(19,20)12-4-2-9(7-18)6-11(12)15/h2-6,18H,7H2,1H3,(H,16,17). The number of sulfonamides is 1. The molecule has 0 amide bonds. The number of nitrogens with zero attached hydrogens (tertiary/aromatic N) is 1. The summed E-state index contributed by atoms with van der Waals surface area (Å²) in [5.41, 5.74) is 1.31. The minimum Gasteiger partial charge on any atom is -0.392 e. The molecule has 112 valence electrons. The van der Waals surface area contributed by atoms with E-state index in [4.69, 9.17) is 5.11 Å². The Kier molecular flexibility index (Phi) is 5.03. The first-order valence-electron chi connectivity index (χ1n) is 5.89. The third kappa shape index (κ3) is 3.82. The van der Waals surface area contributed by atoms with Crippen LogP contribution in [0.3, 0.4) is 0 Å². The normalized spacial score (nSPS) is 11.4. The van der Waals surface area contributed by atoms with Crippen LogP contribution in [0.25, 0.3) is 0 Å². The Balaban J connectivity index is 2.36. The summed E-state index contributed by atoms with van der Waals surface area (Å²) in [4.78, 5) is 4.24. The minimum atomic E-state index is -3.75.